The largest absolute Gasteiger partial charge is 0.451 e. The van der Waals surface area contributed by atoms with E-state index in [0.717, 1.165) is 25.7 Å². The molecule has 0 aromatic carbocycles. The Morgan fingerprint density at radius 3 is 2.70 bits per heavy atom. The van der Waals surface area contributed by atoms with Crippen molar-refractivity contribution in [3.05, 3.63) is 21.4 Å². The highest BCUT2D eigenvalue weighted by atomic mass is 32.1. The molecule has 0 fully saturated rings. The molecule has 0 saturated carbocycles. The number of thiophene rings is 1. The summed E-state index contributed by atoms with van der Waals surface area (Å²) in [5.41, 5.74) is 5.47. The van der Waals surface area contributed by atoms with Gasteiger partial charge in [0.2, 0.25) is 5.91 Å². The van der Waals surface area contributed by atoms with E-state index in [1.165, 1.54) is 28.7 Å². The van der Waals surface area contributed by atoms with Crippen LogP contribution in [0.1, 0.15) is 39.9 Å². The second-order valence-electron chi connectivity index (χ2n) is 4.57. The predicted molar refractivity (Wildman–Crippen MR) is 73.2 cm³/mol. The number of carbonyl (C=O) groups is 3. The number of hydrogen-bond donors (Lipinski definition) is 2. The molecule has 0 unspecified atom stereocenters. The average molecular weight is 296 g/mol. The number of hydrogen-bond acceptors (Lipinski definition) is 5. The van der Waals surface area contributed by atoms with E-state index in [1.807, 2.05) is 6.07 Å². The van der Waals surface area contributed by atoms with Gasteiger partial charge < -0.3 is 4.74 Å². The number of esters is 1. The Morgan fingerprint density at radius 1 is 1.25 bits per heavy atom. The van der Waals surface area contributed by atoms with Crippen molar-refractivity contribution in [2.24, 2.45) is 0 Å². The Morgan fingerprint density at radius 2 is 2.00 bits per heavy atom. The third kappa shape index (κ3) is 3.80. The highest BCUT2D eigenvalue weighted by molar-refractivity contribution is 7.14. The second-order valence-corrected chi connectivity index (χ2v) is 5.71. The maximum absolute atomic E-state index is 11.8. The number of nitrogens with one attached hydrogen (secondary N) is 2. The number of amides is 2. The fourth-order valence-corrected chi connectivity index (χ4v) is 3.13. The van der Waals surface area contributed by atoms with Crippen LogP contribution in [0.2, 0.25) is 0 Å². The van der Waals surface area contributed by atoms with Gasteiger partial charge in [0, 0.05) is 11.8 Å². The van der Waals surface area contributed by atoms with Crippen LogP contribution in [0.25, 0.3) is 0 Å². The number of aryl methyl sites for hydroxylation is 2. The summed E-state index contributed by atoms with van der Waals surface area (Å²) in [5.74, 6) is -1.46. The molecule has 6 nitrogen and oxygen atoms in total. The third-order valence-corrected chi connectivity index (χ3v) is 4.13. The number of hydrazine groups is 1. The average Bonchev–Trinajstić information content (AvgIpc) is 2.86. The van der Waals surface area contributed by atoms with Crippen molar-refractivity contribution < 1.29 is 19.1 Å². The van der Waals surface area contributed by atoms with Crippen molar-refractivity contribution in [2.75, 3.05) is 6.61 Å². The molecular weight excluding hydrogens is 280 g/mol. The number of fused-ring (bicyclic) bond motifs is 1. The fraction of sp³-hybridized carbons (Fsp3) is 0.462. The second kappa shape index (κ2) is 6.51. The Labute approximate surface area is 120 Å². The van der Waals surface area contributed by atoms with Crippen LogP contribution >= 0.6 is 11.3 Å². The quantitative estimate of drug-likeness (QED) is 0.642. The molecule has 0 aliphatic heterocycles. The number of ether oxygens (including phenoxy) is 1. The summed E-state index contributed by atoms with van der Waals surface area (Å²) >= 11 is 1.44. The van der Waals surface area contributed by atoms with Crippen molar-refractivity contribution in [3.63, 3.8) is 0 Å². The zero-order valence-corrected chi connectivity index (χ0v) is 12.0. The highest BCUT2D eigenvalue weighted by Crippen LogP contribution is 2.29. The molecule has 2 amide bonds. The molecule has 2 N–H and O–H groups in total. The molecular formula is C13H16N2O4S. The van der Waals surface area contributed by atoms with Crippen molar-refractivity contribution in [2.45, 2.75) is 32.6 Å². The normalized spacial score (nSPS) is 13.2. The summed E-state index contributed by atoms with van der Waals surface area (Å²) in [7, 11) is 0. The lowest BCUT2D eigenvalue weighted by Gasteiger charge is -2.08. The van der Waals surface area contributed by atoms with Crippen LogP contribution in [0.3, 0.4) is 0 Å². The minimum absolute atomic E-state index is 0.393. The minimum atomic E-state index is -0.574. The van der Waals surface area contributed by atoms with E-state index in [9.17, 15) is 14.4 Å². The Balaban J connectivity index is 1.84. The van der Waals surface area contributed by atoms with Crippen LogP contribution in [-0.2, 0) is 27.2 Å². The molecule has 1 heterocycles. The van der Waals surface area contributed by atoms with Gasteiger partial charge in [0.1, 0.15) is 4.88 Å². The summed E-state index contributed by atoms with van der Waals surface area (Å²) < 4.78 is 4.91. The first-order valence-electron chi connectivity index (χ1n) is 6.40. The van der Waals surface area contributed by atoms with Crippen LogP contribution in [0.4, 0.5) is 0 Å². The highest BCUT2D eigenvalue weighted by Gasteiger charge is 2.18. The Kier molecular flexibility index (Phi) is 4.73. The predicted octanol–water partition coefficient (Wildman–Crippen LogP) is 0.951. The van der Waals surface area contributed by atoms with Crippen molar-refractivity contribution in [3.8, 4) is 0 Å². The van der Waals surface area contributed by atoms with Gasteiger partial charge in [-0.1, -0.05) is 0 Å². The first kappa shape index (κ1) is 14.5. The molecule has 2 rings (SSSR count). The zero-order chi connectivity index (χ0) is 14.5. The van der Waals surface area contributed by atoms with Crippen molar-refractivity contribution in [1.82, 2.24) is 10.9 Å². The van der Waals surface area contributed by atoms with Crippen LogP contribution in [0.15, 0.2) is 6.07 Å². The molecule has 0 radical (unpaired) electrons. The molecule has 108 valence electrons. The van der Waals surface area contributed by atoms with E-state index in [2.05, 4.69) is 10.9 Å². The van der Waals surface area contributed by atoms with E-state index in [0.29, 0.717) is 4.88 Å². The van der Waals surface area contributed by atoms with E-state index in [4.69, 9.17) is 4.74 Å². The molecule has 0 saturated heterocycles. The lowest BCUT2D eigenvalue weighted by molar-refractivity contribution is -0.129. The van der Waals surface area contributed by atoms with Gasteiger partial charge in [0.05, 0.1) is 0 Å². The summed E-state index contributed by atoms with van der Waals surface area (Å²) in [6.07, 6.45) is 4.32. The molecule has 0 spiro atoms. The van der Waals surface area contributed by atoms with E-state index >= 15 is 0 Å². The van der Waals surface area contributed by atoms with Gasteiger partial charge >= 0.3 is 5.97 Å². The summed E-state index contributed by atoms with van der Waals surface area (Å²) in [4.78, 5) is 35.5. The Bertz CT molecular complexity index is 515. The number of carbonyl (C=O) groups excluding carboxylic acids is 3. The molecule has 0 bridgehead atoms. The summed E-state index contributed by atoms with van der Waals surface area (Å²) in [6, 6.07) is 1.85. The molecule has 1 aromatic heterocycles. The van der Waals surface area contributed by atoms with Gasteiger partial charge in [-0.05, 0) is 37.3 Å². The summed E-state index contributed by atoms with van der Waals surface area (Å²) in [6.45, 7) is 0.851. The topological polar surface area (TPSA) is 84.5 Å². The smallest absolute Gasteiger partial charge is 0.348 e. The van der Waals surface area contributed by atoms with Crippen molar-refractivity contribution in [1.29, 1.82) is 0 Å². The van der Waals surface area contributed by atoms with Crippen molar-refractivity contribution >= 4 is 29.1 Å². The summed E-state index contributed by atoms with van der Waals surface area (Å²) in [5, 5.41) is 0. The maximum Gasteiger partial charge on any atom is 0.348 e. The lowest BCUT2D eigenvalue weighted by atomic mass is 9.99. The Hall–Kier alpha value is -1.89. The number of rotatable bonds is 3. The van der Waals surface area contributed by atoms with Crippen LogP contribution in [0.5, 0.6) is 0 Å². The van der Waals surface area contributed by atoms with Crippen LogP contribution < -0.4 is 10.9 Å². The molecule has 1 aliphatic carbocycles. The minimum Gasteiger partial charge on any atom is -0.451 e. The van der Waals surface area contributed by atoms with Crippen LogP contribution in [-0.4, -0.2) is 24.4 Å². The van der Waals surface area contributed by atoms with Gasteiger partial charge in [0.25, 0.3) is 5.91 Å². The van der Waals surface area contributed by atoms with Gasteiger partial charge in [0.15, 0.2) is 6.61 Å². The van der Waals surface area contributed by atoms with E-state index in [-0.39, 0.29) is 0 Å². The molecule has 1 aromatic rings. The van der Waals surface area contributed by atoms with Gasteiger partial charge in [-0.25, -0.2) is 4.79 Å². The van der Waals surface area contributed by atoms with Gasteiger partial charge in [-0.15, -0.1) is 11.3 Å². The first-order valence-corrected chi connectivity index (χ1v) is 7.22. The SMILES string of the molecule is CC(=O)NNC(=O)COC(=O)c1cc2c(s1)CCCC2. The molecule has 1 aliphatic rings. The molecule has 7 heteroatoms. The third-order valence-electron chi connectivity index (χ3n) is 2.91. The monoisotopic (exact) mass is 296 g/mol. The fourth-order valence-electron chi connectivity index (χ4n) is 1.99. The van der Waals surface area contributed by atoms with Gasteiger partial charge in [-0.2, -0.15) is 0 Å². The lowest BCUT2D eigenvalue weighted by Crippen LogP contribution is -2.42. The van der Waals surface area contributed by atoms with E-state index in [1.54, 1.807) is 0 Å². The first-order chi connectivity index (χ1) is 9.56. The standard InChI is InChI=1S/C13H16N2O4S/c1-8(16)14-15-12(17)7-19-13(18)11-6-9-4-2-3-5-10(9)20-11/h6H,2-5,7H2,1H3,(H,14,16)(H,15,17). The van der Waals surface area contributed by atoms with Gasteiger partial charge in [-0.3, -0.25) is 20.4 Å². The van der Waals surface area contributed by atoms with E-state index < -0.39 is 24.4 Å². The van der Waals surface area contributed by atoms with Crippen LogP contribution in [0, 0.1) is 0 Å². The molecule has 20 heavy (non-hydrogen) atoms. The zero-order valence-electron chi connectivity index (χ0n) is 11.2. The maximum atomic E-state index is 11.8. The molecule has 0 atom stereocenters.